The first-order valence-electron chi connectivity index (χ1n) is 10.5. The molecule has 3 rings (SSSR count). The third-order valence-corrected chi connectivity index (χ3v) is 5.78. The minimum atomic E-state index is 0.278. The van der Waals surface area contributed by atoms with Crippen molar-refractivity contribution in [3.05, 3.63) is 35.4 Å². The van der Waals surface area contributed by atoms with Gasteiger partial charge in [-0.2, -0.15) is 0 Å². The molecule has 0 unspecified atom stereocenters. The monoisotopic (exact) mass is 370 g/mol. The van der Waals surface area contributed by atoms with Gasteiger partial charge in [0.1, 0.15) is 0 Å². The number of hydrogen-bond donors (Lipinski definition) is 2. The Bertz CT molecular complexity index is 637. The van der Waals surface area contributed by atoms with E-state index in [0.717, 1.165) is 44.5 Å². The predicted octanol–water partition coefficient (Wildman–Crippen LogP) is 3.44. The first-order chi connectivity index (χ1) is 13.2. The zero-order chi connectivity index (χ0) is 18.9. The summed E-state index contributed by atoms with van der Waals surface area (Å²) < 4.78 is 0. The summed E-state index contributed by atoms with van der Waals surface area (Å²) in [6.07, 6.45) is 9.93. The van der Waals surface area contributed by atoms with Gasteiger partial charge in [0, 0.05) is 39.6 Å². The van der Waals surface area contributed by atoms with Gasteiger partial charge in [0.15, 0.2) is 5.96 Å². The van der Waals surface area contributed by atoms with E-state index in [-0.39, 0.29) is 5.91 Å². The number of benzene rings is 1. The quantitative estimate of drug-likeness (QED) is 0.419. The van der Waals surface area contributed by atoms with Gasteiger partial charge in [0.25, 0.3) is 0 Å². The Morgan fingerprint density at radius 1 is 1.19 bits per heavy atom. The fourth-order valence-corrected chi connectivity index (χ4v) is 4.23. The van der Waals surface area contributed by atoms with E-state index in [1.807, 2.05) is 11.9 Å². The molecule has 1 aromatic carbocycles. The molecule has 5 heteroatoms. The van der Waals surface area contributed by atoms with Gasteiger partial charge in [-0.3, -0.25) is 9.79 Å². The summed E-state index contributed by atoms with van der Waals surface area (Å²) in [4.78, 5) is 18.1. The smallest absolute Gasteiger partial charge is 0.222 e. The Balaban J connectivity index is 1.39. The minimum Gasteiger partial charge on any atom is -0.356 e. The van der Waals surface area contributed by atoms with Crippen LogP contribution in [0.4, 0.5) is 0 Å². The normalized spacial score (nSPS) is 18.3. The van der Waals surface area contributed by atoms with Crippen molar-refractivity contribution in [1.82, 2.24) is 15.5 Å². The van der Waals surface area contributed by atoms with Crippen LogP contribution in [0.1, 0.15) is 62.5 Å². The third-order valence-electron chi connectivity index (χ3n) is 5.78. The highest BCUT2D eigenvalue weighted by Crippen LogP contribution is 2.28. The molecular formula is C22H34N4O. The zero-order valence-electron chi connectivity index (χ0n) is 16.7. The van der Waals surface area contributed by atoms with Crippen molar-refractivity contribution < 1.29 is 4.79 Å². The lowest BCUT2D eigenvalue weighted by atomic mass is 10.0. The van der Waals surface area contributed by atoms with Crippen LogP contribution >= 0.6 is 0 Å². The molecule has 5 nitrogen and oxygen atoms in total. The molecule has 0 aromatic heterocycles. The fourth-order valence-electron chi connectivity index (χ4n) is 4.23. The molecule has 1 saturated carbocycles. The van der Waals surface area contributed by atoms with Gasteiger partial charge in [-0.05, 0) is 36.3 Å². The number of hydrogen-bond acceptors (Lipinski definition) is 2. The minimum absolute atomic E-state index is 0.278. The molecule has 2 N–H and O–H groups in total. The molecule has 2 aliphatic rings. The number of likely N-dealkylation sites (tertiary alicyclic amines) is 1. The molecule has 0 atom stereocenters. The van der Waals surface area contributed by atoms with E-state index in [2.05, 4.69) is 39.9 Å². The van der Waals surface area contributed by atoms with E-state index in [9.17, 15) is 4.79 Å². The van der Waals surface area contributed by atoms with Crippen molar-refractivity contribution in [2.24, 2.45) is 10.9 Å². The molecule has 1 amide bonds. The Morgan fingerprint density at radius 3 is 2.74 bits per heavy atom. The van der Waals surface area contributed by atoms with Gasteiger partial charge >= 0.3 is 0 Å². The van der Waals surface area contributed by atoms with Crippen LogP contribution in [0.25, 0.3) is 0 Å². The summed E-state index contributed by atoms with van der Waals surface area (Å²) in [6, 6.07) is 8.48. The lowest BCUT2D eigenvalue weighted by Crippen LogP contribution is -2.37. The Kier molecular flexibility index (Phi) is 7.55. The topological polar surface area (TPSA) is 56.7 Å². The SMILES string of the molecule is CN=C(NCCCC1CCCC1)NCc1cccc(CN2CCCC2=O)c1. The molecular weight excluding hydrogens is 336 g/mol. The van der Waals surface area contributed by atoms with Gasteiger partial charge in [-0.15, -0.1) is 0 Å². The summed E-state index contributed by atoms with van der Waals surface area (Å²) >= 11 is 0. The van der Waals surface area contributed by atoms with Gasteiger partial charge in [-0.25, -0.2) is 0 Å². The van der Waals surface area contributed by atoms with Crippen molar-refractivity contribution in [2.45, 2.75) is 64.5 Å². The van der Waals surface area contributed by atoms with Crippen LogP contribution in [-0.2, 0) is 17.9 Å². The summed E-state index contributed by atoms with van der Waals surface area (Å²) in [5.74, 6) is 2.09. The number of aliphatic imine (C=N–C) groups is 1. The van der Waals surface area contributed by atoms with Gasteiger partial charge < -0.3 is 15.5 Å². The molecule has 148 valence electrons. The van der Waals surface area contributed by atoms with Gasteiger partial charge in [-0.1, -0.05) is 49.9 Å². The summed E-state index contributed by atoms with van der Waals surface area (Å²) in [5, 5.41) is 6.83. The van der Waals surface area contributed by atoms with Crippen LogP contribution in [0.2, 0.25) is 0 Å². The van der Waals surface area contributed by atoms with Crippen molar-refractivity contribution in [1.29, 1.82) is 0 Å². The molecule has 1 saturated heterocycles. The maximum Gasteiger partial charge on any atom is 0.222 e. The number of amides is 1. The Morgan fingerprint density at radius 2 is 2.00 bits per heavy atom. The number of carbonyl (C=O) groups is 1. The zero-order valence-corrected chi connectivity index (χ0v) is 16.7. The number of nitrogens with zero attached hydrogens (tertiary/aromatic N) is 2. The fraction of sp³-hybridized carbons (Fsp3) is 0.636. The number of nitrogens with one attached hydrogen (secondary N) is 2. The van der Waals surface area contributed by atoms with Gasteiger partial charge in [0.2, 0.25) is 5.91 Å². The van der Waals surface area contributed by atoms with E-state index in [1.165, 1.54) is 49.7 Å². The molecule has 2 fully saturated rings. The summed E-state index contributed by atoms with van der Waals surface area (Å²) in [5.41, 5.74) is 2.41. The number of rotatable bonds is 8. The molecule has 1 aromatic rings. The van der Waals surface area contributed by atoms with E-state index in [4.69, 9.17) is 0 Å². The average Bonchev–Trinajstić information content (AvgIpc) is 3.34. The number of carbonyl (C=O) groups excluding carboxylic acids is 1. The van der Waals surface area contributed by atoms with E-state index < -0.39 is 0 Å². The molecule has 1 heterocycles. The molecule has 0 bridgehead atoms. The van der Waals surface area contributed by atoms with Gasteiger partial charge in [0.05, 0.1) is 0 Å². The van der Waals surface area contributed by atoms with Crippen molar-refractivity contribution >= 4 is 11.9 Å². The first kappa shape index (κ1) is 19.7. The maximum absolute atomic E-state index is 11.8. The van der Waals surface area contributed by atoms with Crippen molar-refractivity contribution in [2.75, 3.05) is 20.1 Å². The van der Waals surface area contributed by atoms with Crippen molar-refractivity contribution in [3.8, 4) is 0 Å². The molecule has 1 aliphatic carbocycles. The lowest BCUT2D eigenvalue weighted by Gasteiger charge is -2.17. The van der Waals surface area contributed by atoms with E-state index >= 15 is 0 Å². The van der Waals surface area contributed by atoms with E-state index in [1.54, 1.807) is 0 Å². The Labute approximate surface area is 163 Å². The second-order valence-corrected chi connectivity index (χ2v) is 7.88. The highest BCUT2D eigenvalue weighted by atomic mass is 16.2. The predicted molar refractivity (Wildman–Crippen MR) is 110 cm³/mol. The second kappa shape index (κ2) is 10.3. The average molecular weight is 371 g/mol. The van der Waals surface area contributed by atoms with Crippen LogP contribution < -0.4 is 10.6 Å². The van der Waals surface area contributed by atoms with Crippen LogP contribution in [0, 0.1) is 5.92 Å². The standard InChI is InChI=1S/C22H34N4O/c1-23-22(24-13-5-11-18-7-2-3-8-18)25-16-19-9-4-10-20(15-19)17-26-14-6-12-21(26)27/h4,9-10,15,18H,2-3,5-8,11-14,16-17H2,1H3,(H2,23,24,25). The highest BCUT2D eigenvalue weighted by molar-refractivity contribution is 5.79. The van der Waals surface area contributed by atoms with Crippen molar-refractivity contribution in [3.63, 3.8) is 0 Å². The van der Waals surface area contributed by atoms with Crippen LogP contribution in [0.15, 0.2) is 29.3 Å². The van der Waals surface area contributed by atoms with Crippen LogP contribution in [0.5, 0.6) is 0 Å². The lowest BCUT2D eigenvalue weighted by molar-refractivity contribution is -0.128. The van der Waals surface area contributed by atoms with Crippen LogP contribution in [-0.4, -0.2) is 36.9 Å². The maximum atomic E-state index is 11.8. The highest BCUT2D eigenvalue weighted by Gasteiger charge is 2.20. The third kappa shape index (κ3) is 6.26. The van der Waals surface area contributed by atoms with Crippen LogP contribution in [0.3, 0.4) is 0 Å². The molecule has 0 spiro atoms. The van der Waals surface area contributed by atoms with E-state index in [0.29, 0.717) is 6.42 Å². The molecule has 1 aliphatic heterocycles. The molecule has 27 heavy (non-hydrogen) atoms. The Hall–Kier alpha value is -2.04. The second-order valence-electron chi connectivity index (χ2n) is 7.88. The number of guanidine groups is 1. The largest absolute Gasteiger partial charge is 0.356 e. The molecule has 0 radical (unpaired) electrons. The summed E-state index contributed by atoms with van der Waals surface area (Å²) in [7, 11) is 1.82. The summed E-state index contributed by atoms with van der Waals surface area (Å²) in [6.45, 7) is 3.33. The first-order valence-corrected chi connectivity index (χ1v) is 10.5.